The molecule has 0 saturated heterocycles. The third kappa shape index (κ3) is 1.97. The zero-order chi connectivity index (χ0) is 13.4. The van der Waals surface area contributed by atoms with Crippen LogP contribution in [0.25, 0.3) is 11.2 Å². The maximum absolute atomic E-state index is 11.8. The average molecular weight is 273 g/mol. The van der Waals surface area contributed by atoms with Crippen molar-refractivity contribution in [3.63, 3.8) is 0 Å². The van der Waals surface area contributed by atoms with Crippen LogP contribution >= 0.6 is 12.8 Å². The first-order valence-electron chi connectivity index (χ1n) is 5.63. The minimum absolute atomic E-state index is 0.147. The number of fused-ring (bicyclic) bond motifs is 1. The number of rotatable bonds is 2. The normalized spacial score (nSPS) is 11.0. The van der Waals surface area contributed by atoms with Crippen molar-refractivity contribution in [3.8, 4) is 0 Å². The van der Waals surface area contributed by atoms with E-state index in [1.54, 1.807) is 4.57 Å². The topological polar surface area (TPSA) is 78.7 Å². The first-order chi connectivity index (χ1) is 9.16. The van der Waals surface area contributed by atoms with E-state index in [-0.39, 0.29) is 5.95 Å². The van der Waals surface area contributed by atoms with Crippen LogP contribution in [0.1, 0.15) is 5.56 Å². The molecular formula is C12H11N5OS. The second-order valence-electron chi connectivity index (χ2n) is 4.11. The maximum atomic E-state index is 11.8. The fourth-order valence-electron chi connectivity index (χ4n) is 1.97. The number of thiol groups is 1. The lowest BCUT2D eigenvalue weighted by atomic mass is 10.2. The van der Waals surface area contributed by atoms with Crippen LogP contribution in [0, 0.1) is 0 Å². The van der Waals surface area contributed by atoms with E-state index in [0.717, 1.165) is 5.56 Å². The van der Waals surface area contributed by atoms with Gasteiger partial charge in [-0.2, -0.15) is 4.98 Å². The van der Waals surface area contributed by atoms with Gasteiger partial charge in [0, 0.05) is 0 Å². The predicted octanol–water partition coefficient (Wildman–Crippen LogP) is 0.916. The fourth-order valence-corrected chi connectivity index (χ4v) is 2.20. The molecule has 2 aromatic heterocycles. The third-order valence-electron chi connectivity index (χ3n) is 2.86. The molecule has 1 aromatic carbocycles. The Bertz CT molecular complexity index is 793. The number of nitrogens with zero attached hydrogens (tertiary/aromatic N) is 4. The van der Waals surface area contributed by atoms with Gasteiger partial charge in [-0.3, -0.25) is 13.3 Å². The minimum atomic E-state index is -0.427. The van der Waals surface area contributed by atoms with Crippen LogP contribution < -0.4 is 11.3 Å². The number of imidazole rings is 1. The van der Waals surface area contributed by atoms with Crippen molar-refractivity contribution in [2.24, 2.45) is 0 Å². The molecule has 0 spiro atoms. The van der Waals surface area contributed by atoms with E-state index < -0.39 is 5.56 Å². The number of nitrogen functional groups attached to an aromatic ring is 1. The van der Waals surface area contributed by atoms with Crippen LogP contribution in [-0.4, -0.2) is 18.5 Å². The molecule has 0 radical (unpaired) electrons. The zero-order valence-corrected chi connectivity index (χ0v) is 10.8. The Kier molecular flexibility index (Phi) is 2.75. The smallest absolute Gasteiger partial charge is 0.301 e. The minimum Gasteiger partial charge on any atom is -0.369 e. The number of hydrogen-bond donors (Lipinski definition) is 2. The molecule has 0 unspecified atom stereocenters. The van der Waals surface area contributed by atoms with Crippen molar-refractivity contribution < 1.29 is 0 Å². The van der Waals surface area contributed by atoms with E-state index in [1.165, 1.54) is 10.3 Å². The molecular weight excluding hydrogens is 262 g/mol. The molecule has 0 atom stereocenters. The summed E-state index contributed by atoms with van der Waals surface area (Å²) in [5, 5.41) is 0. The molecule has 2 N–H and O–H groups in total. The second-order valence-corrected chi connectivity index (χ2v) is 4.54. The highest BCUT2D eigenvalue weighted by Gasteiger charge is 2.13. The lowest BCUT2D eigenvalue weighted by molar-refractivity contribution is 0.805. The Hall–Kier alpha value is -2.28. The van der Waals surface area contributed by atoms with E-state index in [4.69, 9.17) is 5.73 Å². The SMILES string of the molecule is Nc1nc(=O)c2c(ncn2S)n1Cc1ccccc1. The van der Waals surface area contributed by atoms with Gasteiger partial charge in [0.05, 0.1) is 6.54 Å². The van der Waals surface area contributed by atoms with Crippen LogP contribution in [0.5, 0.6) is 0 Å². The van der Waals surface area contributed by atoms with E-state index in [1.807, 2.05) is 30.3 Å². The van der Waals surface area contributed by atoms with Gasteiger partial charge >= 0.3 is 5.56 Å². The van der Waals surface area contributed by atoms with Gasteiger partial charge < -0.3 is 5.73 Å². The predicted molar refractivity (Wildman–Crippen MR) is 76.1 cm³/mol. The molecule has 0 saturated carbocycles. The van der Waals surface area contributed by atoms with Crippen LogP contribution in [0.15, 0.2) is 41.5 Å². The van der Waals surface area contributed by atoms with Crippen molar-refractivity contribution in [2.45, 2.75) is 6.54 Å². The summed E-state index contributed by atoms with van der Waals surface area (Å²) in [6.07, 6.45) is 1.46. The average Bonchev–Trinajstić information content (AvgIpc) is 2.78. The first-order valence-corrected chi connectivity index (χ1v) is 6.03. The number of aromatic nitrogens is 4. The summed E-state index contributed by atoms with van der Waals surface area (Å²) in [5.74, 6) is 0.147. The molecule has 0 fully saturated rings. The highest BCUT2D eigenvalue weighted by Crippen LogP contribution is 2.14. The first kappa shape index (κ1) is 11.8. The lowest BCUT2D eigenvalue weighted by Gasteiger charge is -2.10. The molecule has 19 heavy (non-hydrogen) atoms. The van der Waals surface area contributed by atoms with Gasteiger partial charge in [-0.15, -0.1) is 0 Å². The Morgan fingerprint density at radius 2 is 2.00 bits per heavy atom. The number of nitrogens with two attached hydrogens (primary N) is 1. The summed E-state index contributed by atoms with van der Waals surface area (Å²) in [7, 11) is 0. The molecule has 7 heteroatoms. The summed E-state index contributed by atoms with van der Waals surface area (Å²) in [6, 6.07) is 9.77. The highest BCUT2D eigenvalue weighted by molar-refractivity contribution is 7.78. The Balaban J connectivity index is 2.21. The van der Waals surface area contributed by atoms with Crippen molar-refractivity contribution in [1.29, 1.82) is 0 Å². The molecule has 3 aromatic rings. The van der Waals surface area contributed by atoms with Crippen molar-refractivity contribution in [2.75, 3.05) is 5.73 Å². The van der Waals surface area contributed by atoms with Crippen LogP contribution in [0.2, 0.25) is 0 Å². The quantitative estimate of drug-likeness (QED) is 0.680. The summed E-state index contributed by atoms with van der Waals surface area (Å²) in [6.45, 7) is 0.501. The molecule has 0 amide bonds. The molecule has 0 aliphatic rings. The monoisotopic (exact) mass is 273 g/mol. The summed E-state index contributed by atoms with van der Waals surface area (Å²) >= 11 is 4.14. The zero-order valence-electron chi connectivity index (χ0n) is 9.89. The molecule has 0 aliphatic heterocycles. The molecule has 0 aliphatic carbocycles. The molecule has 2 heterocycles. The van der Waals surface area contributed by atoms with Crippen molar-refractivity contribution >= 4 is 29.9 Å². The lowest BCUT2D eigenvalue weighted by Crippen LogP contribution is -2.19. The van der Waals surface area contributed by atoms with Gasteiger partial charge in [0.1, 0.15) is 6.33 Å². The van der Waals surface area contributed by atoms with E-state index >= 15 is 0 Å². The van der Waals surface area contributed by atoms with Crippen LogP contribution in [0.4, 0.5) is 5.95 Å². The van der Waals surface area contributed by atoms with Crippen molar-refractivity contribution in [3.05, 3.63) is 52.6 Å². The van der Waals surface area contributed by atoms with Gasteiger partial charge in [0.2, 0.25) is 5.95 Å². The fraction of sp³-hybridized carbons (Fsp3) is 0.0833. The van der Waals surface area contributed by atoms with E-state index in [9.17, 15) is 4.79 Å². The Morgan fingerprint density at radius 3 is 2.74 bits per heavy atom. The molecule has 0 bridgehead atoms. The Labute approximate surface area is 114 Å². The molecule has 3 rings (SSSR count). The summed E-state index contributed by atoms with van der Waals surface area (Å²) < 4.78 is 3.05. The number of benzene rings is 1. The van der Waals surface area contributed by atoms with Gasteiger partial charge in [-0.1, -0.05) is 43.1 Å². The number of hydrogen-bond acceptors (Lipinski definition) is 5. The molecule has 6 nitrogen and oxygen atoms in total. The van der Waals surface area contributed by atoms with E-state index in [0.29, 0.717) is 17.7 Å². The summed E-state index contributed by atoms with van der Waals surface area (Å²) in [5.41, 5.74) is 7.26. The highest BCUT2D eigenvalue weighted by atomic mass is 32.1. The standard InChI is InChI=1S/C12H11N5OS/c13-12-15-11(18)9-10(14-7-17(9)19)16(12)6-8-4-2-1-3-5-8/h1-5,7,19H,6H2,(H2,13,15,18). The maximum Gasteiger partial charge on any atom is 0.301 e. The van der Waals surface area contributed by atoms with Crippen LogP contribution in [-0.2, 0) is 6.54 Å². The molecule has 96 valence electrons. The second kappa shape index (κ2) is 4.43. The van der Waals surface area contributed by atoms with Crippen LogP contribution in [0.3, 0.4) is 0 Å². The summed E-state index contributed by atoms with van der Waals surface area (Å²) in [4.78, 5) is 19.7. The van der Waals surface area contributed by atoms with Crippen molar-refractivity contribution in [1.82, 2.24) is 18.5 Å². The third-order valence-corrected chi connectivity index (χ3v) is 3.17. The largest absolute Gasteiger partial charge is 0.369 e. The van der Waals surface area contributed by atoms with Gasteiger partial charge in [0.15, 0.2) is 11.2 Å². The Morgan fingerprint density at radius 1 is 1.26 bits per heavy atom. The van der Waals surface area contributed by atoms with E-state index in [2.05, 4.69) is 22.8 Å². The van der Waals surface area contributed by atoms with Gasteiger partial charge in [0.25, 0.3) is 0 Å². The van der Waals surface area contributed by atoms with Gasteiger partial charge in [-0.05, 0) is 5.56 Å². The van der Waals surface area contributed by atoms with Gasteiger partial charge in [-0.25, -0.2) is 4.98 Å². The number of anilines is 1.